The molecule has 1 aromatic heterocycles. The first kappa shape index (κ1) is 15.8. The lowest BCUT2D eigenvalue weighted by Crippen LogP contribution is -2.11. The van der Waals surface area contributed by atoms with Crippen molar-refractivity contribution < 1.29 is 14.1 Å². The van der Waals surface area contributed by atoms with Crippen LogP contribution in [0.1, 0.15) is 24.4 Å². The van der Waals surface area contributed by atoms with Crippen LogP contribution in [-0.4, -0.2) is 11.1 Å². The molecule has 0 bridgehead atoms. The number of hydrogen-bond acceptors (Lipinski definition) is 5. The average molecular weight is 317 g/mol. The van der Waals surface area contributed by atoms with Crippen molar-refractivity contribution in [3.63, 3.8) is 0 Å². The smallest absolute Gasteiger partial charge is 0.303 e. The number of nitriles is 1. The third kappa shape index (κ3) is 3.02. The van der Waals surface area contributed by atoms with Crippen molar-refractivity contribution in [2.24, 2.45) is 0 Å². The lowest BCUT2D eigenvalue weighted by molar-refractivity contribution is -0.144. The van der Waals surface area contributed by atoms with Crippen LogP contribution in [0.5, 0.6) is 0 Å². The summed E-state index contributed by atoms with van der Waals surface area (Å²) >= 11 is 6.19. The highest BCUT2D eigenvalue weighted by atomic mass is 35.5. The van der Waals surface area contributed by atoms with E-state index in [0.717, 1.165) is 0 Å². The van der Waals surface area contributed by atoms with Gasteiger partial charge >= 0.3 is 5.97 Å². The molecule has 2 rings (SSSR count). The van der Waals surface area contributed by atoms with Gasteiger partial charge in [-0.3, -0.25) is 4.79 Å². The van der Waals surface area contributed by atoms with E-state index in [1.807, 2.05) is 6.07 Å². The Labute approximate surface area is 132 Å². The van der Waals surface area contributed by atoms with Gasteiger partial charge in [-0.25, -0.2) is 0 Å². The second kappa shape index (κ2) is 6.46. The zero-order chi connectivity index (χ0) is 16.3. The maximum Gasteiger partial charge on any atom is 0.303 e. The molecule has 1 heterocycles. The molecule has 0 aliphatic rings. The number of rotatable bonds is 4. The van der Waals surface area contributed by atoms with Crippen molar-refractivity contribution in [2.45, 2.75) is 20.0 Å². The van der Waals surface area contributed by atoms with Gasteiger partial charge in [-0.05, 0) is 13.0 Å². The number of carbonyl (C=O) groups excluding carboxylic acids is 1. The SMILES string of the molecule is C=C(C#N)C(OC(C)=O)c1c(-c2ccccc2Cl)noc1C. The molecule has 112 valence electrons. The average Bonchev–Trinajstić information content (AvgIpc) is 2.86. The van der Waals surface area contributed by atoms with Crippen LogP contribution >= 0.6 is 11.6 Å². The van der Waals surface area contributed by atoms with Gasteiger partial charge in [-0.1, -0.05) is 41.5 Å². The molecule has 0 spiro atoms. The molecular weight excluding hydrogens is 304 g/mol. The van der Waals surface area contributed by atoms with Crippen molar-refractivity contribution in [2.75, 3.05) is 0 Å². The fourth-order valence-electron chi connectivity index (χ4n) is 2.06. The Balaban J connectivity index is 2.62. The van der Waals surface area contributed by atoms with Crippen molar-refractivity contribution in [3.8, 4) is 17.3 Å². The van der Waals surface area contributed by atoms with Crippen LogP contribution in [0.2, 0.25) is 5.02 Å². The molecule has 0 saturated carbocycles. The van der Waals surface area contributed by atoms with E-state index >= 15 is 0 Å². The number of hydrogen-bond donors (Lipinski definition) is 0. The summed E-state index contributed by atoms with van der Waals surface area (Å²) in [7, 11) is 0. The fraction of sp³-hybridized carbons (Fsp3) is 0.188. The third-order valence-corrected chi connectivity index (χ3v) is 3.37. The van der Waals surface area contributed by atoms with E-state index in [-0.39, 0.29) is 5.57 Å². The van der Waals surface area contributed by atoms with Gasteiger partial charge in [0.05, 0.1) is 22.2 Å². The topological polar surface area (TPSA) is 76.1 Å². The van der Waals surface area contributed by atoms with Gasteiger partial charge in [0.25, 0.3) is 0 Å². The first-order valence-corrected chi connectivity index (χ1v) is 6.80. The quantitative estimate of drug-likeness (QED) is 0.629. The van der Waals surface area contributed by atoms with Crippen LogP contribution in [0.15, 0.2) is 40.9 Å². The molecule has 0 N–H and O–H groups in total. The maximum atomic E-state index is 11.3. The first-order valence-electron chi connectivity index (χ1n) is 6.43. The number of esters is 1. The number of carbonyl (C=O) groups is 1. The molecule has 1 atom stereocenters. The highest BCUT2D eigenvalue weighted by molar-refractivity contribution is 6.33. The summed E-state index contributed by atoms with van der Waals surface area (Å²) in [6.45, 7) is 6.57. The number of benzene rings is 1. The van der Waals surface area contributed by atoms with Crippen molar-refractivity contribution in [1.82, 2.24) is 5.16 Å². The summed E-state index contributed by atoms with van der Waals surface area (Å²) in [5.41, 5.74) is 1.59. The highest BCUT2D eigenvalue weighted by Crippen LogP contribution is 2.38. The number of aromatic nitrogens is 1. The zero-order valence-electron chi connectivity index (χ0n) is 12.1. The molecule has 1 unspecified atom stereocenters. The summed E-state index contributed by atoms with van der Waals surface area (Å²) < 4.78 is 10.4. The lowest BCUT2D eigenvalue weighted by Gasteiger charge is -2.16. The van der Waals surface area contributed by atoms with Gasteiger partial charge < -0.3 is 9.26 Å². The molecule has 2 aromatic rings. The Bertz CT molecular complexity index is 774. The van der Waals surface area contributed by atoms with Crippen molar-refractivity contribution in [1.29, 1.82) is 5.26 Å². The summed E-state index contributed by atoms with van der Waals surface area (Å²) in [6.07, 6.45) is -0.958. The molecule has 6 heteroatoms. The minimum atomic E-state index is -0.958. The lowest BCUT2D eigenvalue weighted by atomic mass is 9.97. The van der Waals surface area contributed by atoms with Gasteiger partial charge in [-0.2, -0.15) is 5.26 Å². The maximum absolute atomic E-state index is 11.3. The summed E-state index contributed by atoms with van der Waals surface area (Å²) in [4.78, 5) is 11.3. The fourth-order valence-corrected chi connectivity index (χ4v) is 2.29. The van der Waals surface area contributed by atoms with Crippen LogP contribution in [0.3, 0.4) is 0 Å². The Kier molecular flexibility index (Phi) is 4.64. The molecular formula is C16H13ClN2O3. The summed E-state index contributed by atoms with van der Waals surface area (Å²) in [6, 6.07) is 8.97. The number of aryl methyl sites for hydroxylation is 1. The normalized spacial score (nSPS) is 11.5. The molecule has 0 amide bonds. The van der Waals surface area contributed by atoms with E-state index in [2.05, 4.69) is 11.7 Å². The van der Waals surface area contributed by atoms with E-state index in [1.54, 1.807) is 31.2 Å². The highest BCUT2D eigenvalue weighted by Gasteiger charge is 2.29. The van der Waals surface area contributed by atoms with Gasteiger partial charge in [-0.15, -0.1) is 0 Å². The molecule has 0 radical (unpaired) electrons. The predicted octanol–water partition coefficient (Wildman–Crippen LogP) is 3.99. The number of nitrogens with zero attached hydrogens (tertiary/aromatic N) is 2. The number of halogens is 1. The van der Waals surface area contributed by atoms with Crippen molar-refractivity contribution >= 4 is 17.6 Å². The Morgan fingerprint density at radius 3 is 2.77 bits per heavy atom. The van der Waals surface area contributed by atoms with Crippen LogP contribution in [0, 0.1) is 18.3 Å². The minimum Gasteiger partial charge on any atom is -0.452 e. The Morgan fingerprint density at radius 2 is 2.18 bits per heavy atom. The van der Waals surface area contributed by atoms with E-state index in [4.69, 9.17) is 26.1 Å². The van der Waals surface area contributed by atoms with Crippen LogP contribution < -0.4 is 0 Å². The first-order chi connectivity index (χ1) is 10.5. The molecule has 22 heavy (non-hydrogen) atoms. The molecule has 0 fully saturated rings. The van der Waals surface area contributed by atoms with Crippen LogP contribution in [0.4, 0.5) is 0 Å². The molecule has 1 aromatic carbocycles. The summed E-state index contributed by atoms with van der Waals surface area (Å²) in [5, 5.41) is 13.6. The van der Waals surface area contributed by atoms with E-state index in [9.17, 15) is 4.79 Å². The predicted molar refractivity (Wildman–Crippen MR) is 80.9 cm³/mol. The van der Waals surface area contributed by atoms with Gasteiger partial charge in [0, 0.05) is 12.5 Å². The largest absolute Gasteiger partial charge is 0.452 e. The third-order valence-electron chi connectivity index (χ3n) is 3.04. The van der Waals surface area contributed by atoms with E-state index in [0.29, 0.717) is 27.6 Å². The number of ether oxygens (including phenoxy) is 1. The van der Waals surface area contributed by atoms with Crippen LogP contribution in [0.25, 0.3) is 11.3 Å². The Hall–Kier alpha value is -2.58. The summed E-state index contributed by atoms with van der Waals surface area (Å²) in [5.74, 6) is -0.107. The Morgan fingerprint density at radius 1 is 1.50 bits per heavy atom. The minimum absolute atomic E-state index is 0.0785. The monoisotopic (exact) mass is 316 g/mol. The second-order valence-electron chi connectivity index (χ2n) is 4.61. The molecule has 0 saturated heterocycles. The van der Waals surface area contributed by atoms with Gasteiger partial charge in [0.1, 0.15) is 11.5 Å². The van der Waals surface area contributed by atoms with E-state index < -0.39 is 12.1 Å². The van der Waals surface area contributed by atoms with E-state index in [1.165, 1.54) is 6.92 Å². The zero-order valence-corrected chi connectivity index (χ0v) is 12.8. The standard InChI is InChI=1S/C16H13ClN2O3/c1-9(8-18)16(21-11(3)20)14-10(2)22-19-15(14)12-6-4-5-7-13(12)17/h4-7,16H,1H2,2-3H3. The molecule has 0 aliphatic carbocycles. The molecule has 0 aliphatic heterocycles. The molecule has 5 nitrogen and oxygen atoms in total. The van der Waals surface area contributed by atoms with Crippen LogP contribution in [-0.2, 0) is 9.53 Å². The van der Waals surface area contributed by atoms with Gasteiger partial charge in [0.2, 0.25) is 0 Å². The van der Waals surface area contributed by atoms with Crippen molar-refractivity contribution in [3.05, 3.63) is 52.8 Å². The van der Waals surface area contributed by atoms with Gasteiger partial charge in [0.15, 0.2) is 6.10 Å². The second-order valence-corrected chi connectivity index (χ2v) is 5.01.